The van der Waals surface area contributed by atoms with Gasteiger partial charge in [-0.15, -0.1) is 0 Å². The molecule has 2 aliphatic rings. The molecular formula is C12H16O4. The number of esters is 2. The number of fused-ring (bicyclic) bond motifs is 2. The minimum atomic E-state index is -1.08. The highest BCUT2D eigenvalue weighted by atomic mass is 16.6. The van der Waals surface area contributed by atoms with Gasteiger partial charge < -0.3 is 9.47 Å². The van der Waals surface area contributed by atoms with Crippen molar-refractivity contribution in [2.24, 2.45) is 5.41 Å². The van der Waals surface area contributed by atoms with Crippen molar-refractivity contribution in [2.75, 3.05) is 6.61 Å². The molecule has 0 radical (unpaired) electrons. The molecule has 0 saturated carbocycles. The second-order valence-electron chi connectivity index (χ2n) is 4.62. The average Bonchev–Trinajstić information content (AvgIpc) is 2.37. The van der Waals surface area contributed by atoms with Crippen LogP contribution in [0.3, 0.4) is 0 Å². The predicted octanol–water partition coefficient (Wildman–Crippen LogP) is 1.59. The van der Waals surface area contributed by atoms with Crippen LogP contribution in [0, 0.1) is 5.41 Å². The van der Waals surface area contributed by atoms with Crippen molar-refractivity contribution in [3.05, 3.63) is 12.2 Å². The molecule has 0 spiro atoms. The Bertz CT molecular complexity index is 360. The molecule has 16 heavy (non-hydrogen) atoms. The van der Waals surface area contributed by atoms with E-state index in [4.69, 9.17) is 9.47 Å². The molecule has 0 aromatic carbocycles. The Hall–Kier alpha value is -1.32. The molecule has 1 aliphatic heterocycles. The highest BCUT2D eigenvalue weighted by molar-refractivity contribution is 6.02. The summed E-state index contributed by atoms with van der Waals surface area (Å²) in [6.45, 7) is 3.86. The van der Waals surface area contributed by atoms with Crippen molar-refractivity contribution in [3.8, 4) is 0 Å². The molecule has 88 valence electrons. The van der Waals surface area contributed by atoms with Crippen molar-refractivity contribution >= 4 is 11.9 Å². The van der Waals surface area contributed by atoms with Gasteiger partial charge in [0, 0.05) is 6.42 Å². The summed E-state index contributed by atoms with van der Waals surface area (Å²) >= 11 is 0. The van der Waals surface area contributed by atoms with Crippen molar-refractivity contribution in [1.82, 2.24) is 0 Å². The van der Waals surface area contributed by atoms with Gasteiger partial charge in [-0.25, -0.2) is 0 Å². The van der Waals surface area contributed by atoms with Crippen molar-refractivity contribution in [1.29, 1.82) is 0 Å². The van der Waals surface area contributed by atoms with Gasteiger partial charge in [0.2, 0.25) is 0 Å². The number of ether oxygens (including phenoxy) is 2. The van der Waals surface area contributed by atoms with Gasteiger partial charge in [0.25, 0.3) is 0 Å². The summed E-state index contributed by atoms with van der Waals surface area (Å²) in [6.07, 6.45) is 5.43. The van der Waals surface area contributed by atoms with Crippen LogP contribution in [-0.4, -0.2) is 24.1 Å². The fourth-order valence-electron chi connectivity index (χ4n) is 2.49. The van der Waals surface area contributed by atoms with E-state index in [9.17, 15) is 9.59 Å². The Kier molecular flexibility index (Phi) is 2.52. The number of carbonyl (C=O) groups is 2. The lowest BCUT2D eigenvalue weighted by Gasteiger charge is -2.21. The van der Waals surface area contributed by atoms with Crippen LogP contribution in [0.15, 0.2) is 12.2 Å². The van der Waals surface area contributed by atoms with Crippen LogP contribution in [0.1, 0.15) is 33.1 Å². The van der Waals surface area contributed by atoms with E-state index in [0.29, 0.717) is 19.3 Å². The van der Waals surface area contributed by atoms with Crippen LogP contribution in [0.4, 0.5) is 0 Å². The molecule has 4 heteroatoms. The average molecular weight is 224 g/mol. The summed E-state index contributed by atoms with van der Waals surface area (Å²) in [7, 11) is 0. The number of hydrogen-bond acceptors (Lipinski definition) is 4. The van der Waals surface area contributed by atoms with Gasteiger partial charge in [0.1, 0.15) is 5.60 Å². The Morgan fingerprint density at radius 3 is 3.06 bits per heavy atom. The van der Waals surface area contributed by atoms with Crippen LogP contribution < -0.4 is 0 Å². The molecule has 1 heterocycles. The molecule has 4 nitrogen and oxygen atoms in total. The zero-order chi connectivity index (χ0) is 11.8. The van der Waals surface area contributed by atoms with Gasteiger partial charge >= 0.3 is 11.9 Å². The standard InChI is InChI=1S/C12H16O4/c1-3-15-9(13)12-7-5-4-6-11(2,8-12)16-10(12)14/h4,6H,3,5,7-8H2,1-2H3/t11-,12+/m1/s1. The minimum Gasteiger partial charge on any atom is -0.465 e. The van der Waals surface area contributed by atoms with Gasteiger partial charge in [0.05, 0.1) is 6.61 Å². The second kappa shape index (κ2) is 3.61. The monoisotopic (exact) mass is 224 g/mol. The van der Waals surface area contributed by atoms with E-state index in [1.807, 2.05) is 19.1 Å². The molecule has 2 rings (SSSR count). The fourth-order valence-corrected chi connectivity index (χ4v) is 2.49. The molecule has 1 fully saturated rings. The first-order valence-electron chi connectivity index (χ1n) is 5.61. The number of carbonyl (C=O) groups excluding carboxylic acids is 2. The molecule has 2 bridgehead atoms. The third-order valence-electron chi connectivity index (χ3n) is 3.24. The maximum absolute atomic E-state index is 11.9. The summed E-state index contributed by atoms with van der Waals surface area (Å²) in [5, 5.41) is 0. The number of rotatable bonds is 2. The number of allylic oxidation sites excluding steroid dienone is 1. The van der Waals surface area contributed by atoms with Crippen LogP contribution in [0.25, 0.3) is 0 Å². The summed E-state index contributed by atoms with van der Waals surface area (Å²) in [4.78, 5) is 23.8. The normalized spacial score (nSPS) is 36.8. The second-order valence-corrected chi connectivity index (χ2v) is 4.62. The topological polar surface area (TPSA) is 52.6 Å². The molecule has 0 aromatic heterocycles. The van der Waals surface area contributed by atoms with E-state index < -0.39 is 23.0 Å². The fraction of sp³-hybridized carbons (Fsp3) is 0.667. The van der Waals surface area contributed by atoms with E-state index in [2.05, 4.69) is 0 Å². The molecule has 0 N–H and O–H groups in total. The van der Waals surface area contributed by atoms with E-state index in [-0.39, 0.29) is 6.61 Å². The summed E-state index contributed by atoms with van der Waals surface area (Å²) in [5.41, 5.74) is -1.71. The highest BCUT2D eigenvalue weighted by Crippen LogP contribution is 2.47. The largest absolute Gasteiger partial charge is 0.465 e. The van der Waals surface area contributed by atoms with Gasteiger partial charge in [-0.1, -0.05) is 6.08 Å². The van der Waals surface area contributed by atoms with Crippen molar-refractivity contribution in [2.45, 2.75) is 38.7 Å². The minimum absolute atomic E-state index is 0.290. The van der Waals surface area contributed by atoms with E-state index in [1.165, 1.54) is 0 Å². The molecule has 0 aromatic rings. The van der Waals surface area contributed by atoms with Gasteiger partial charge in [-0.3, -0.25) is 9.59 Å². The summed E-state index contributed by atoms with van der Waals surface area (Å²) < 4.78 is 10.3. The molecule has 2 atom stereocenters. The molecular weight excluding hydrogens is 208 g/mol. The molecule has 0 amide bonds. The first-order chi connectivity index (χ1) is 7.52. The lowest BCUT2D eigenvalue weighted by Crippen LogP contribution is -2.37. The zero-order valence-electron chi connectivity index (χ0n) is 9.62. The van der Waals surface area contributed by atoms with Crippen molar-refractivity contribution < 1.29 is 19.1 Å². The molecule has 1 aliphatic carbocycles. The Labute approximate surface area is 94.6 Å². The maximum atomic E-state index is 11.9. The lowest BCUT2D eigenvalue weighted by atomic mass is 9.79. The summed E-state index contributed by atoms with van der Waals surface area (Å²) in [6, 6.07) is 0. The SMILES string of the molecule is CCOC(=O)[C@]12CCC=C[C@](C)(C1)OC2=O. The van der Waals surface area contributed by atoms with Crippen LogP contribution in [0.5, 0.6) is 0 Å². The maximum Gasteiger partial charge on any atom is 0.324 e. The van der Waals surface area contributed by atoms with E-state index in [0.717, 1.165) is 0 Å². The Morgan fingerprint density at radius 2 is 2.38 bits per heavy atom. The van der Waals surface area contributed by atoms with Crippen molar-refractivity contribution in [3.63, 3.8) is 0 Å². The quantitative estimate of drug-likeness (QED) is 0.406. The molecule has 0 unspecified atom stereocenters. The third kappa shape index (κ3) is 1.52. The van der Waals surface area contributed by atoms with Crippen LogP contribution in [0.2, 0.25) is 0 Å². The third-order valence-corrected chi connectivity index (χ3v) is 3.24. The summed E-state index contributed by atoms with van der Waals surface area (Å²) in [5.74, 6) is -0.870. The number of hydrogen-bond donors (Lipinski definition) is 0. The van der Waals surface area contributed by atoms with Gasteiger partial charge in [0.15, 0.2) is 5.41 Å². The smallest absolute Gasteiger partial charge is 0.324 e. The van der Waals surface area contributed by atoms with Gasteiger partial charge in [-0.05, 0) is 32.8 Å². The van der Waals surface area contributed by atoms with Crippen LogP contribution >= 0.6 is 0 Å². The predicted molar refractivity (Wildman–Crippen MR) is 56.6 cm³/mol. The first kappa shape index (κ1) is 11.2. The van der Waals surface area contributed by atoms with E-state index in [1.54, 1.807) is 6.92 Å². The van der Waals surface area contributed by atoms with E-state index >= 15 is 0 Å². The lowest BCUT2D eigenvalue weighted by molar-refractivity contribution is -0.166. The molecule has 1 saturated heterocycles. The Morgan fingerprint density at radius 1 is 1.62 bits per heavy atom. The van der Waals surface area contributed by atoms with Gasteiger partial charge in [-0.2, -0.15) is 0 Å². The Balaban J connectivity index is 2.33. The zero-order valence-corrected chi connectivity index (χ0v) is 9.62. The highest BCUT2D eigenvalue weighted by Gasteiger charge is 2.59. The van der Waals surface area contributed by atoms with Crippen LogP contribution in [-0.2, 0) is 19.1 Å². The first-order valence-corrected chi connectivity index (χ1v) is 5.61.